The summed E-state index contributed by atoms with van der Waals surface area (Å²) in [5, 5.41) is 0. The van der Waals surface area contributed by atoms with Crippen LogP contribution in [-0.2, 0) is 4.74 Å². The summed E-state index contributed by atoms with van der Waals surface area (Å²) >= 11 is 0. The minimum absolute atomic E-state index is 0.245. The van der Waals surface area contributed by atoms with Gasteiger partial charge in [0.25, 0.3) is 0 Å². The van der Waals surface area contributed by atoms with Crippen molar-refractivity contribution in [1.82, 2.24) is 9.80 Å². The van der Waals surface area contributed by atoms with Gasteiger partial charge in [-0.3, -0.25) is 4.90 Å². The molecule has 0 bridgehead atoms. The smallest absolute Gasteiger partial charge is 0.410 e. The molecule has 1 aliphatic rings. The van der Waals surface area contributed by atoms with Crippen molar-refractivity contribution in [2.75, 3.05) is 33.2 Å². The summed E-state index contributed by atoms with van der Waals surface area (Å²) < 4.78 is 5.38. The molecule has 1 atom stereocenters. The van der Waals surface area contributed by atoms with Crippen LogP contribution in [0.15, 0.2) is 0 Å². The predicted molar refractivity (Wildman–Crippen MR) is 77.1 cm³/mol. The Hall–Kier alpha value is -0.810. The number of rotatable bonds is 4. The molecule has 0 aromatic rings. The number of hydrogen-bond acceptors (Lipinski definition) is 4. The number of likely N-dealkylation sites (N-methyl/N-ethyl adjacent to an activating group) is 1. The van der Waals surface area contributed by atoms with Crippen LogP contribution in [-0.4, -0.2) is 60.8 Å². The van der Waals surface area contributed by atoms with Crippen molar-refractivity contribution in [3.8, 4) is 0 Å². The minimum atomic E-state index is -0.436. The molecule has 0 unspecified atom stereocenters. The standard InChI is InChI=1S/C14H29N3O2/c1-14(2,3)19-13(18)16(4)11-12-7-5-6-9-17(12)10-8-15/h12H,5-11,15H2,1-4H3/t12-/m0/s1. The number of hydrogen-bond donors (Lipinski definition) is 1. The summed E-state index contributed by atoms with van der Waals surface area (Å²) in [7, 11) is 1.81. The molecular formula is C14H29N3O2. The first-order valence-corrected chi connectivity index (χ1v) is 7.21. The van der Waals surface area contributed by atoms with Crippen molar-refractivity contribution in [3.63, 3.8) is 0 Å². The summed E-state index contributed by atoms with van der Waals surface area (Å²) in [5.41, 5.74) is 5.21. The van der Waals surface area contributed by atoms with E-state index in [1.807, 2.05) is 27.8 Å². The zero-order valence-corrected chi connectivity index (χ0v) is 12.8. The van der Waals surface area contributed by atoms with Crippen molar-refractivity contribution in [2.24, 2.45) is 5.73 Å². The van der Waals surface area contributed by atoms with Gasteiger partial charge in [-0.2, -0.15) is 0 Å². The molecule has 5 heteroatoms. The zero-order valence-electron chi connectivity index (χ0n) is 12.8. The van der Waals surface area contributed by atoms with E-state index in [9.17, 15) is 4.79 Å². The molecule has 1 heterocycles. The Morgan fingerprint density at radius 2 is 2.11 bits per heavy atom. The lowest BCUT2D eigenvalue weighted by Gasteiger charge is -2.37. The molecule has 19 heavy (non-hydrogen) atoms. The van der Waals surface area contributed by atoms with Gasteiger partial charge in [-0.05, 0) is 40.2 Å². The predicted octanol–water partition coefficient (Wildman–Crippen LogP) is 1.67. The molecule has 0 aromatic carbocycles. The monoisotopic (exact) mass is 271 g/mol. The highest BCUT2D eigenvalue weighted by Crippen LogP contribution is 2.18. The molecule has 1 fully saturated rings. The minimum Gasteiger partial charge on any atom is -0.444 e. The average Bonchev–Trinajstić information content (AvgIpc) is 2.29. The van der Waals surface area contributed by atoms with E-state index in [0.717, 1.165) is 26.1 Å². The maximum atomic E-state index is 12.0. The molecular weight excluding hydrogens is 242 g/mol. The van der Waals surface area contributed by atoms with E-state index < -0.39 is 5.60 Å². The lowest BCUT2D eigenvalue weighted by atomic mass is 10.0. The van der Waals surface area contributed by atoms with Gasteiger partial charge >= 0.3 is 6.09 Å². The molecule has 1 aliphatic heterocycles. The van der Waals surface area contributed by atoms with Gasteiger partial charge in [-0.25, -0.2) is 4.79 Å². The van der Waals surface area contributed by atoms with Crippen LogP contribution < -0.4 is 5.73 Å². The number of ether oxygens (including phenoxy) is 1. The fourth-order valence-electron chi connectivity index (χ4n) is 2.46. The van der Waals surface area contributed by atoms with E-state index in [2.05, 4.69) is 4.90 Å². The van der Waals surface area contributed by atoms with Gasteiger partial charge in [-0.15, -0.1) is 0 Å². The first-order chi connectivity index (χ1) is 8.83. The van der Waals surface area contributed by atoms with E-state index >= 15 is 0 Å². The largest absolute Gasteiger partial charge is 0.444 e. The number of nitrogens with zero attached hydrogens (tertiary/aromatic N) is 2. The van der Waals surface area contributed by atoms with Crippen molar-refractivity contribution < 1.29 is 9.53 Å². The molecule has 5 nitrogen and oxygen atoms in total. The Morgan fingerprint density at radius 1 is 1.42 bits per heavy atom. The highest BCUT2D eigenvalue weighted by molar-refractivity contribution is 5.67. The first kappa shape index (κ1) is 16.2. The van der Waals surface area contributed by atoms with Crippen molar-refractivity contribution >= 4 is 6.09 Å². The number of piperidine rings is 1. The molecule has 0 spiro atoms. The topological polar surface area (TPSA) is 58.8 Å². The van der Waals surface area contributed by atoms with Crippen molar-refractivity contribution in [2.45, 2.75) is 51.7 Å². The molecule has 112 valence electrons. The highest BCUT2D eigenvalue weighted by atomic mass is 16.6. The van der Waals surface area contributed by atoms with Crippen LogP contribution in [0.4, 0.5) is 4.79 Å². The Balaban J connectivity index is 2.49. The first-order valence-electron chi connectivity index (χ1n) is 7.21. The van der Waals surface area contributed by atoms with Crippen LogP contribution in [0.1, 0.15) is 40.0 Å². The lowest BCUT2D eigenvalue weighted by molar-refractivity contribution is 0.0219. The third kappa shape index (κ3) is 5.78. The fraction of sp³-hybridized carbons (Fsp3) is 0.929. The van der Waals surface area contributed by atoms with Crippen LogP contribution in [0.25, 0.3) is 0 Å². The molecule has 0 aliphatic carbocycles. The lowest BCUT2D eigenvalue weighted by Crippen LogP contribution is -2.49. The molecule has 1 rings (SSSR count). The number of nitrogens with two attached hydrogens (primary N) is 1. The van der Waals surface area contributed by atoms with Gasteiger partial charge in [0.05, 0.1) is 0 Å². The Kier molecular flexibility index (Phi) is 6.07. The van der Waals surface area contributed by atoms with Gasteiger partial charge in [0.2, 0.25) is 0 Å². The fourth-order valence-corrected chi connectivity index (χ4v) is 2.46. The van der Waals surface area contributed by atoms with Crippen LogP contribution in [0, 0.1) is 0 Å². The molecule has 2 N–H and O–H groups in total. The van der Waals surface area contributed by atoms with E-state index in [0.29, 0.717) is 12.6 Å². The summed E-state index contributed by atoms with van der Waals surface area (Å²) in [5.74, 6) is 0. The van der Waals surface area contributed by atoms with E-state index in [1.165, 1.54) is 12.8 Å². The summed E-state index contributed by atoms with van der Waals surface area (Å²) in [4.78, 5) is 16.0. The van der Waals surface area contributed by atoms with E-state index in [-0.39, 0.29) is 6.09 Å². The van der Waals surface area contributed by atoms with Crippen LogP contribution in [0.2, 0.25) is 0 Å². The maximum Gasteiger partial charge on any atom is 0.410 e. The normalized spacial score (nSPS) is 21.2. The summed E-state index contributed by atoms with van der Waals surface area (Å²) in [6.45, 7) is 9.05. The highest BCUT2D eigenvalue weighted by Gasteiger charge is 2.26. The van der Waals surface area contributed by atoms with E-state index in [4.69, 9.17) is 10.5 Å². The summed E-state index contributed by atoms with van der Waals surface area (Å²) in [6.07, 6.45) is 3.35. The quantitative estimate of drug-likeness (QED) is 0.845. The van der Waals surface area contributed by atoms with Gasteiger partial charge in [0, 0.05) is 32.7 Å². The van der Waals surface area contributed by atoms with E-state index in [1.54, 1.807) is 4.90 Å². The van der Waals surface area contributed by atoms with Crippen molar-refractivity contribution in [3.05, 3.63) is 0 Å². The Labute approximate surface area is 117 Å². The molecule has 1 amide bonds. The van der Waals surface area contributed by atoms with Gasteiger partial charge in [0.15, 0.2) is 0 Å². The SMILES string of the molecule is CN(C[C@@H]1CCCCN1CCN)C(=O)OC(C)(C)C. The van der Waals surface area contributed by atoms with Crippen LogP contribution in [0.5, 0.6) is 0 Å². The van der Waals surface area contributed by atoms with Crippen molar-refractivity contribution in [1.29, 1.82) is 0 Å². The number of amides is 1. The molecule has 0 aromatic heterocycles. The zero-order chi connectivity index (χ0) is 14.5. The second kappa shape index (κ2) is 7.10. The second-order valence-electron chi connectivity index (χ2n) is 6.34. The maximum absolute atomic E-state index is 12.0. The molecule has 0 radical (unpaired) electrons. The van der Waals surface area contributed by atoms with Crippen LogP contribution >= 0.6 is 0 Å². The summed E-state index contributed by atoms with van der Waals surface area (Å²) in [6, 6.07) is 0.412. The molecule has 1 saturated heterocycles. The number of carbonyl (C=O) groups is 1. The number of likely N-dealkylation sites (tertiary alicyclic amines) is 1. The third-order valence-electron chi connectivity index (χ3n) is 3.36. The Morgan fingerprint density at radius 3 is 2.68 bits per heavy atom. The Bertz CT molecular complexity index is 287. The second-order valence-corrected chi connectivity index (χ2v) is 6.34. The average molecular weight is 271 g/mol. The van der Waals surface area contributed by atoms with Gasteiger partial charge in [-0.1, -0.05) is 6.42 Å². The molecule has 0 saturated carbocycles. The third-order valence-corrected chi connectivity index (χ3v) is 3.36. The number of carbonyl (C=O) groups excluding carboxylic acids is 1. The van der Waals surface area contributed by atoms with Crippen LogP contribution in [0.3, 0.4) is 0 Å². The van der Waals surface area contributed by atoms with Gasteiger partial charge in [0.1, 0.15) is 5.60 Å². The van der Waals surface area contributed by atoms with Gasteiger partial charge < -0.3 is 15.4 Å².